The molecule has 1 heterocycles. The van der Waals surface area contributed by atoms with Crippen molar-refractivity contribution in [2.24, 2.45) is 23.2 Å². The van der Waals surface area contributed by atoms with Gasteiger partial charge in [0.05, 0.1) is 11.8 Å². The van der Waals surface area contributed by atoms with E-state index >= 15 is 0 Å². The lowest BCUT2D eigenvalue weighted by Crippen LogP contribution is -2.44. The van der Waals surface area contributed by atoms with Gasteiger partial charge in [0.25, 0.3) is 0 Å². The third-order valence-corrected chi connectivity index (χ3v) is 3.50. The van der Waals surface area contributed by atoms with Crippen molar-refractivity contribution in [1.29, 1.82) is 0 Å². The Labute approximate surface area is 99.1 Å². The Kier molecular flexibility index (Phi) is 2.45. The summed E-state index contributed by atoms with van der Waals surface area (Å²) in [6.07, 6.45) is 1.22. The van der Waals surface area contributed by atoms with Gasteiger partial charge in [-0.3, -0.25) is 9.59 Å². The van der Waals surface area contributed by atoms with Gasteiger partial charge in [-0.2, -0.15) is 0 Å². The summed E-state index contributed by atoms with van der Waals surface area (Å²) in [6.45, 7) is 5.74. The average Bonchev–Trinajstić information content (AvgIpc) is 2.90. The molecule has 2 N–H and O–H groups in total. The second-order valence-corrected chi connectivity index (χ2v) is 5.73. The molecule has 0 radical (unpaired) electrons. The summed E-state index contributed by atoms with van der Waals surface area (Å²) >= 11 is 0. The maximum Gasteiger partial charge on any atom is 0.311 e. The molecule has 4 atom stereocenters. The van der Waals surface area contributed by atoms with E-state index in [0.29, 0.717) is 5.76 Å². The molecule has 0 bridgehead atoms. The SMILES string of the molecule is CC(C)(C)C1C2OC2=CC(C(=O)O)C1C(=O)O. The number of aliphatic carboxylic acids is 2. The molecule has 0 aromatic rings. The fourth-order valence-electron chi connectivity index (χ4n) is 2.71. The van der Waals surface area contributed by atoms with Crippen LogP contribution in [0.3, 0.4) is 0 Å². The Morgan fingerprint density at radius 1 is 1.24 bits per heavy atom. The second-order valence-electron chi connectivity index (χ2n) is 5.73. The van der Waals surface area contributed by atoms with Gasteiger partial charge in [-0.25, -0.2) is 0 Å². The first-order valence-corrected chi connectivity index (χ1v) is 5.57. The van der Waals surface area contributed by atoms with Gasteiger partial charge in [0.2, 0.25) is 0 Å². The van der Waals surface area contributed by atoms with Crippen LogP contribution in [0.15, 0.2) is 11.8 Å². The molecule has 1 aliphatic heterocycles. The van der Waals surface area contributed by atoms with E-state index in [4.69, 9.17) is 9.84 Å². The fourth-order valence-corrected chi connectivity index (χ4v) is 2.71. The molecule has 1 aliphatic carbocycles. The number of epoxide rings is 1. The molecule has 2 rings (SSSR count). The molecule has 1 fully saturated rings. The van der Waals surface area contributed by atoms with Gasteiger partial charge in [0.1, 0.15) is 5.76 Å². The van der Waals surface area contributed by atoms with E-state index in [1.54, 1.807) is 0 Å². The van der Waals surface area contributed by atoms with Crippen LogP contribution in [0.2, 0.25) is 0 Å². The molecule has 17 heavy (non-hydrogen) atoms. The number of fused-ring (bicyclic) bond motifs is 1. The Morgan fingerprint density at radius 3 is 2.24 bits per heavy atom. The maximum absolute atomic E-state index is 11.3. The standard InChI is InChI=1S/C12H16O5/c1-12(2,3)8-7(11(15)16)5(10(13)14)4-6-9(8)17-6/h4-5,7-9H,1-3H3,(H,13,14)(H,15,16). The van der Waals surface area contributed by atoms with E-state index in [0.717, 1.165) is 0 Å². The topological polar surface area (TPSA) is 87.1 Å². The molecule has 0 aromatic heterocycles. The van der Waals surface area contributed by atoms with E-state index in [9.17, 15) is 14.7 Å². The average molecular weight is 240 g/mol. The molecule has 5 heteroatoms. The molecule has 2 aliphatic rings. The monoisotopic (exact) mass is 240 g/mol. The Morgan fingerprint density at radius 2 is 1.82 bits per heavy atom. The summed E-state index contributed by atoms with van der Waals surface area (Å²) in [5.74, 6) is -3.76. The van der Waals surface area contributed by atoms with Crippen molar-refractivity contribution >= 4 is 11.9 Å². The summed E-state index contributed by atoms with van der Waals surface area (Å²) in [5.41, 5.74) is -0.308. The van der Waals surface area contributed by atoms with E-state index in [2.05, 4.69) is 0 Å². The molecular formula is C12H16O5. The normalized spacial score (nSPS) is 35.4. The van der Waals surface area contributed by atoms with Crippen LogP contribution in [-0.4, -0.2) is 28.3 Å². The molecule has 5 nitrogen and oxygen atoms in total. The molecule has 0 saturated carbocycles. The van der Waals surface area contributed by atoms with Crippen LogP contribution in [-0.2, 0) is 14.3 Å². The summed E-state index contributed by atoms with van der Waals surface area (Å²) < 4.78 is 5.31. The number of ether oxygens (including phenoxy) is 1. The highest BCUT2D eigenvalue weighted by Crippen LogP contribution is 2.52. The van der Waals surface area contributed by atoms with Crippen molar-refractivity contribution in [3.05, 3.63) is 11.8 Å². The third-order valence-electron chi connectivity index (χ3n) is 3.50. The highest BCUT2D eigenvalue weighted by molar-refractivity contribution is 5.83. The van der Waals surface area contributed by atoms with Gasteiger partial charge < -0.3 is 14.9 Å². The lowest BCUT2D eigenvalue weighted by atomic mass is 9.64. The minimum Gasteiger partial charge on any atom is -0.483 e. The second kappa shape index (κ2) is 3.48. The van der Waals surface area contributed by atoms with Gasteiger partial charge >= 0.3 is 11.9 Å². The summed E-state index contributed by atoms with van der Waals surface area (Å²) in [7, 11) is 0. The molecule has 94 valence electrons. The van der Waals surface area contributed by atoms with Crippen LogP contribution in [0.4, 0.5) is 0 Å². The highest BCUT2D eigenvalue weighted by Gasteiger charge is 2.58. The largest absolute Gasteiger partial charge is 0.483 e. The first kappa shape index (κ1) is 12.0. The smallest absolute Gasteiger partial charge is 0.311 e. The van der Waals surface area contributed by atoms with Crippen molar-refractivity contribution in [1.82, 2.24) is 0 Å². The number of carbonyl (C=O) groups is 2. The Balaban J connectivity index is 2.42. The van der Waals surface area contributed by atoms with Crippen molar-refractivity contribution in [3.8, 4) is 0 Å². The quantitative estimate of drug-likeness (QED) is 0.711. The molecular weight excluding hydrogens is 224 g/mol. The minimum atomic E-state index is -1.10. The number of hydrogen-bond donors (Lipinski definition) is 2. The predicted octanol–water partition coefficient (Wildman–Crippen LogP) is 1.35. The van der Waals surface area contributed by atoms with Crippen LogP contribution in [0.5, 0.6) is 0 Å². The van der Waals surface area contributed by atoms with E-state index < -0.39 is 23.8 Å². The van der Waals surface area contributed by atoms with E-state index in [1.165, 1.54) is 6.08 Å². The van der Waals surface area contributed by atoms with Gasteiger partial charge in [-0.15, -0.1) is 0 Å². The van der Waals surface area contributed by atoms with Crippen LogP contribution < -0.4 is 0 Å². The lowest BCUT2D eigenvalue weighted by molar-refractivity contribution is -0.156. The van der Waals surface area contributed by atoms with Crippen molar-refractivity contribution in [2.45, 2.75) is 26.9 Å². The fraction of sp³-hybridized carbons (Fsp3) is 0.667. The van der Waals surface area contributed by atoms with Gasteiger partial charge in [-0.05, 0) is 11.5 Å². The Bertz CT molecular complexity index is 404. The summed E-state index contributed by atoms with van der Waals surface area (Å²) in [6, 6.07) is 0. The van der Waals surface area contributed by atoms with Crippen LogP contribution >= 0.6 is 0 Å². The van der Waals surface area contributed by atoms with Crippen LogP contribution in [0.1, 0.15) is 20.8 Å². The summed E-state index contributed by atoms with van der Waals surface area (Å²) in [5, 5.41) is 18.4. The minimum absolute atomic E-state index is 0.216. The zero-order valence-corrected chi connectivity index (χ0v) is 10.0. The third kappa shape index (κ3) is 1.90. The van der Waals surface area contributed by atoms with Crippen LogP contribution in [0.25, 0.3) is 0 Å². The Hall–Kier alpha value is -1.52. The molecule has 4 unspecified atom stereocenters. The summed E-state index contributed by atoms with van der Waals surface area (Å²) in [4.78, 5) is 22.5. The molecule has 0 aromatic carbocycles. The maximum atomic E-state index is 11.3. The molecule has 0 spiro atoms. The predicted molar refractivity (Wildman–Crippen MR) is 58.2 cm³/mol. The number of carboxylic acids is 2. The number of hydrogen-bond acceptors (Lipinski definition) is 3. The molecule has 0 amide bonds. The zero-order valence-electron chi connectivity index (χ0n) is 10.0. The van der Waals surface area contributed by atoms with Gasteiger partial charge in [-0.1, -0.05) is 20.8 Å². The first-order chi connectivity index (χ1) is 7.73. The van der Waals surface area contributed by atoms with Gasteiger partial charge in [0, 0.05) is 5.92 Å². The number of carboxylic acid groups (broad SMARTS) is 2. The zero-order chi connectivity index (χ0) is 13.0. The van der Waals surface area contributed by atoms with E-state index in [1.807, 2.05) is 20.8 Å². The van der Waals surface area contributed by atoms with Gasteiger partial charge in [0.15, 0.2) is 6.10 Å². The van der Waals surface area contributed by atoms with E-state index in [-0.39, 0.29) is 17.4 Å². The van der Waals surface area contributed by atoms with Crippen molar-refractivity contribution in [2.75, 3.05) is 0 Å². The van der Waals surface area contributed by atoms with Crippen LogP contribution in [0, 0.1) is 23.2 Å². The molecule has 1 saturated heterocycles. The highest BCUT2D eigenvalue weighted by atomic mass is 16.6. The lowest BCUT2D eigenvalue weighted by Gasteiger charge is -2.36. The van der Waals surface area contributed by atoms with Crippen molar-refractivity contribution < 1.29 is 24.5 Å². The first-order valence-electron chi connectivity index (χ1n) is 5.57. The number of rotatable bonds is 2. The van der Waals surface area contributed by atoms with Crippen molar-refractivity contribution in [3.63, 3.8) is 0 Å².